The maximum absolute atomic E-state index is 12.1. The number of carbonyl (C=O) groups is 1. The van der Waals surface area contributed by atoms with E-state index in [-0.39, 0.29) is 6.03 Å². The summed E-state index contributed by atoms with van der Waals surface area (Å²) in [6.07, 6.45) is 1.83. The molecule has 8 heteroatoms. The van der Waals surface area contributed by atoms with E-state index < -0.39 is 0 Å². The largest absolute Gasteiger partial charge is 0.383 e. The number of aromatic nitrogens is 2. The van der Waals surface area contributed by atoms with E-state index in [1.54, 1.807) is 12.0 Å². The van der Waals surface area contributed by atoms with Crippen LogP contribution in [0.25, 0.3) is 0 Å². The standard InChI is InChI=1S/C14H21N5O3/c1-21-5-2-15-14(20)19-9-11-8-16-13(17-12(11)10-19)18-3-6-22-7-4-18/h8H,2-7,9-10H2,1H3,(H,15,20). The number of fused-ring (bicyclic) bond motifs is 1. The van der Waals surface area contributed by atoms with Crippen molar-refractivity contribution >= 4 is 12.0 Å². The fraction of sp³-hybridized carbons (Fsp3) is 0.643. The number of methoxy groups -OCH3 is 1. The molecular weight excluding hydrogens is 286 g/mol. The molecule has 0 unspecified atom stereocenters. The van der Waals surface area contributed by atoms with Gasteiger partial charge in [0.2, 0.25) is 5.95 Å². The Balaban J connectivity index is 1.62. The second kappa shape index (κ2) is 6.89. The van der Waals surface area contributed by atoms with Gasteiger partial charge in [-0.15, -0.1) is 0 Å². The molecule has 3 rings (SSSR count). The second-order valence-corrected chi connectivity index (χ2v) is 5.32. The van der Waals surface area contributed by atoms with E-state index >= 15 is 0 Å². The Kier molecular flexibility index (Phi) is 4.69. The molecule has 1 aromatic rings. The second-order valence-electron chi connectivity index (χ2n) is 5.32. The van der Waals surface area contributed by atoms with Gasteiger partial charge in [0, 0.05) is 38.5 Å². The summed E-state index contributed by atoms with van der Waals surface area (Å²) in [7, 11) is 1.61. The van der Waals surface area contributed by atoms with E-state index in [0.29, 0.717) is 39.5 Å². The lowest BCUT2D eigenvalue weighted by atomic mass is 10.3. The minimum absolute atomic E-state index is 0.0945. The van der Waals surface area contributed by atoms with Gasteiger partial charge >= 0.3 is 6.03 Å². The number of ether oxygens (including phenoxy) is 2. The number of hydrogen-bond donors (Lipinski definition) is 1. The molecule has 0 saturated carbocycles. The molecule has 1 saturated heterocycles. The first-order valence-corrected chi connectivity index (χ1v) is 7.47. The molecule has 0 spiro atoms. The Morgan fingerprint density at radius 1 is 1.41 bits per heavy atom. The molecule has 2 aliphatic rings. The molecular formula is C14H21N5O3. The van der Waals surface area contributed by atoms with Crippen molar-refractivity contribution in [3.8, 4) is 0 Å². The zero-order chi connectivity index (χ0) is 15.4. The Hall–Kier alpha value is -1.93. The number of urea groups is 1. The average Bonchev–Trinajstić information content (AvgIpc) is 2.99. The first kappa shape index (κ1) is 15.0. The third kappa shape index (κ3) is 3.28. The first-order chi connectivity index (χ1) is 10.8. The topological polar surface area (TPSA) is 79.8 Å². The van der Waals surface area contributed by atoms with Crippen molar-refractivity contribution in [1.82, 2.24) is 20.2 Å². The first-order valence-electron chi connectivity index (χ1n) is 7.47. The summed E-state index contributed by atoms with van der Waals surface area (Å²) >= 11 is 0. The maximum Gasteiger partial charge on any atom is 0.318 e. The minimum atomic E-state index is -0.0945. The van der Waals surface area contributed by atoms with Crippen LogP contribution in [0.5, 0.6) is 0 Å². The lowest BCUT2D eigenvalue weighted by Gasteiger charge is -2.26. The molecule has 120 valence electrons. The van der Waals surface area contributed by atoms with Gasteiger partial charge in [-0.2, -0.15) is 0 Å². The number of carbonyl (C=O) groups excluding carboxylic acids is 1. The van der Waals surface area contributed by atoms with Gasteiger partial charge in [0.15, 0.2) is 0 Å². The van der Waals surface area contributed by atoms with Crippen LogP contribution in [0.4, 0.5) is 10.7 Å². The van der Waals surface area contributed by atoms with Gasteiger partial charge in [-0.3, -0.25) is 0 Å². The number of nitrogens with zero attached hydrogens (tertiary/aromatic N) is 4. The third-order valence-electron chi connectivity index (χ3n) is 3.81. The summed E-state index contributed by atoms with van der Waals surface area (Å²) < 4.78 is 10.3. The molecule has 8 nitrogen and oxygen atoms in total. The number of rotatable bonds is 4. The molecule has 0 aromatic carbocycles. The normalized spacial score (nSPS) is 17.5. The van der Waals surface area contributed by atoms with Crippen molar-refractivity contribution in [3.05, 3.63) is 17.5 Å². The predicted octanol–water partition coefficient (Wildman–Crippen LogP) is -0.0152. The molecule has 3 heterocycles. The zero-order valence-corrected chi connectivity index (χ0v) is 12.7. The Labute approximate surface area is 129 Å². The van der Waals surface area contributed by atoms with Crippen LogP contribution in [0.3, 0.4) is 0 Å². The van der Waals surface area contributed by atoms with Gasteiger partial charge in [0.1, 0.15) is 0 Å². The summed E-state index contributed by atoms with van der Waals surface area (Å²) in [6, 6.07) is -0.0945. The Morgan fingerprint density at radius 2 is 2.23 bits per heavy atom. The van der Waals surface area contributed by atoms with E-state index in [0.717, 1.165) is 30.3 Å². The quantitative estimate of drug-likeness (QED) is 0.788. The molecule has 0 atom stereocenters. The van der Waals surface area contributed by atoms with Crippen molar-refractivity contribution in [3.63, 3.8) is 0 Å². The number of morpholine rings is 1. The van der Waals surface area contributed by atoms with Crippen LogP contribution in [0, 0.1) is 0 Å². The van der Waals surface area contributed by atoms with Crippen molar-refractivity contribution in [2.75, 3.05) is 51.5 Å². The van der Waals surface area contributed by atoms with Crippen LogP contribution < -0.4 is 10.2 Å². The highest BCUT2D eigenvalue weighted by Gasteiger charge is 2.26. The highest BCUT2D eigenvalue weighted by Crippen LogP contribution is 2.22. The van der Waals surface area contributed by atoms with E-state index in [1.807, 2.05) is 6.20 Å². The van der Waals surface area contributed by atoms with Crippen LogP contribution in [0.15, 0.2) is 6.20 Å². The Morgan fingerprint density at radius 3 is 3.00 bits per heavy atom. The van der Waals surface area contributed by atoms with Gasteiger partial charge in [-0.1, -0.05) is 0 Å². The van der Waals surface area contributed by atoms with E-state index in [2.05, 4.69) is 20.2 Å². The molecule has 1 fully saturated rings. The third-order valence-corrected chi connectivity index (χ3v) is 3.81. The molecule has 0 bridgehead atoms. The van der Waals surface area contributed by atoms with Crippen LogP contribution in [-0.2, 0) is 22.6 Å². The van der Waals surface area contributed by atoms with Crippen molar-refractivity contribution in [2.24, 2.45) is 0 Å². The summed E-state index contributed by atoms with van der Waals surface area (Å²) in [5.74, 6) is 0.726. The molecule has 22 heavy (non-hydrogen) atoms. The fourth-order valence-corrected chi connectivity index (χ4v) is 2.57. The SMILES string of the molecule is COCCNC(=O)N1Cc2cnc(N3CCOCC3)nc2C1. The maximum atomic E-state index is 12.1. The highest BCUT2D eigenvalue weighted by molar-refractivity contribution is 5.74. The minimum Gasteiger partial charge on any atom is -0.383 e. The summed E-state index contributed by atoms with van der Waals surface area (Å²) in [5, 5.41) is 2.83. The number of amides is 2. The van der Waals surface area contributed by atoms with Gasteiger partial charge in [0.25, 0.3) is 0 Å². The van der Waals surface area contributed by atoms with Gasteiger partial charge in [-0.05, 0) is 0 Å². The van der Waals surface area contributed by atoms with Crippen LogP contribution >= 0.6 is 0 Å². The fourth-order valence-electron chi connectivity index (χ4n) is 2.57. The smallest absolute Gasteiger partial charge is 0.318 e. The zero-order valence-electron chi connectivity index (χ0n) is 12.7. The highest BCUT2D eigenvalue weighted by atomic mass is 16.5. The molecule has 0 radical (unpaired) electrons. The lowest BCUT2D eigenvalue weighted by Crippen LogP contribution is -2.38. The van der Waals surface area contributed by atoms with Crippen molar-refractivity contribution < 1.29 is 14.3 Å². The number of nitrogens with one attached hydrogen (secondary N) is 1. The van der Waals surface area contributed by atoms with E-state index in [9.17, 15) is 4.79 Å². The summed E-state index contributed by atoms with van der Waals surface area (Å²) in [4.78, 5) is 25.0. The van der Waals surface area contributed by atoms with Crippen molar-refractivity contribution in [2.45, 2.75) is 13.1 Å². The molecule has 2 aliphatic heterocycles. The van der Waals surface area contributed by atoms with Gasteiger partial charge in [0.05, 0.1) is 38.6 Å². The van der Waals surface area contributed by atoms with Crippen LogP contribution in [0.1, 0.15) is 11.3 Å². The van der Waals surface area contributed by atoms with E-state index in [4.69, 9.17) is 9.47 Å². The Bertz CT molecular complexity index is 533. The number of anilines is 1. The van der Waals surface area contributed by atoms with E-state index in [1.165, 1.54) is 0 Å². The monoisotopic (exact) mass is 307 g/mol. The lowest BCUT2D eigenvalue weighted by molar-refractivity contribution is 0.122. The van der Waals surface area contributed by atoms with Crippen molar-refractivity contribution in [1.29, 1.82) is 0 Å². The number of hydrogen-bond acceptors (Lipinski definition) is 6. The molecule has 2 amide bonds. The van der Waals surface area contributed by atoms with Gasteiger partial charge in [-0.25, -0.2) is 14.8 Å². The summed E-state index contributed by atoms with van der Waals surface area (Å²) in [5.41, 5.74) is 1.94. The molecule has 1 aromatic heterocycles. The van der Waals surface area contributed by atoms with Crippen LogP contribution in [-0.4, -0.2) is 67.5 Å². The van der Waals surface area contributed by atoms with Gasteiger partial charge < -0.3 is 24.6 Å². The molecule has 0 aliphatic carbocycles. The molecule has 1 N–H and O–H groups in total. The summed E-state index contributed by atoms with van der Waals surface area (Å²) in [6.45, 7) is 5.11. The van der Waals surface area contributed by atoms with Crippen LogP contribution in [0.2, 0.25) is 0 Å². The predicted molar refractivity (Wildman–Crippen MR) is 79.6 cm³/mol. The average molecular weight is 307 g/mol.